The number of aromatic nitrogens is 2. The third-order valence-corrected chi connectivity index (χ3v) is 7.62. The van der Waals surface area contributed by atoms with Gasteiger partial charge < -0.3 is 9.15 Å². The third-order valence-electron chi connectivity index (χ3n) is 5.29. The van der Waals surface area contributed by atoms with Gasteiger partial charge in [-0.1, -0.05) is 48.5 Å². The Morgan fingerprint density at radius 3 is 2.62 bits per heavy atom. The van der Waals surface area contributed by atoms with E-state index in [9.17, 15) is 9.59 Å². The van der Waals surface area contributed by atoms with Crippen LogP contribution in [0.25, 0.3) is 10.2 Å². The Morgan fingerprint density at radius 1 is 1.19 bits per heavy atom. The summed E-state index contributed by atoms with van der Waals surface area (Å²) in [5, 5.41) is 1.33. The van der Waals surface area contributed by atoms with Crippen LogP contribution in [-0.4, -0.2) is 22.6 Å². The van der Waals surface area contributed by atoms with E-state index >= 15 is 0 Å². The van der Waals surface area contributed by atoms with E-state index in [0.29, 0.717) is 28.6 Å². The van der Waals surface area contributed by atoms with Crippen molar-refractivity contribution in [3.8, 4) is 0 Å². The molecule has 0 unspecified atom stereocenters. The van der Waals surface area contributed by atoms with Crippen LogP contribution in [-0.2, 0) is 23.5 Å². The second kappa shape index (κ2) is 9.34. The molecule has 0 amide bonds. The minimum Gasteiger partial charge on any atom is -0.463 e. The summed E-state index contributed by atoms with van der Waals surface area (Å²) in [5.74, 6) is 0.694. The van der Waals surface area contributed by atoms with E-state index in [1.165, 1.54) is 29.3 Å². The fourth-order valence-corrected chi connectivity index (χ4v) is 5.56. The van der Waals surface area contributed by atoms with Gasteiger partial charge in [0.05, 0.1) is 24.8 Å². The van der Waals surface area contributed by atoms with Gasteiger partial charge in [-0.3, -0.25) is 9.36 Å². The maximum atomic E-state index is 13.5. The SMILES string of the molecule is CCc1sc2nc(SCc3ccc(C(=O)OC)o3)n(Cc3ccc(C)cc3)c(=O)c2c1C. The molecule has 0 saturated carbocycles. The fraction of sp³-hybridized carbons (Fsp3) is 0.292. The summed E-state index contributed by atoms with van der Waals surface area (Å²) < 4.78 is 12.0. The second-order valence-electron chi connectivity index (χ2n) is 7.50. The van der Waals surface area contributed by atoms with Crippen molar-refractivity contribution in [2.45, 2.75) is 44.6 Å². The molecule has 0 aliphatic carbocycles. The summed E-state index contributed by atoms with van der Waals surface area (Å²) in [5.41, 5.74) is 3.20. The standard InChI is InChI=1S/C24H24N2O4S2/c1-5-19-15(3)20-21(32-19)25-24(31-13-17-10-11-18(30-17)23(28)29-4)26(22(20)27)12-16-8-6-14(2)7-9-16/h6-11H,5,12-13H2,1-4H3. The quantitative estimate of drug-likeness (QED) is 0.207. The molecule has 0 spiro atoms. The maximum absolute atomic E-state index is 13.5. The molecule has 0 aliphatic rings. The summed E-state index contributed by atoms with van der Waals surface area (Å²) in [6.07, 6.45) is 0.870. The number of fused-ring (bicyclic) bond motifs is 1. The van der Waals surface area contributed by atoms with Gasteiger partial charge in [0.1, 0.15) is 10.6 Å². The van der Waals surface area contributed by atoms with Crippen LogP contribution in [0, 0.1) is 13.8 Å². The van der Waals surface area contributed by atoms with Crippen molar-refractivity contribution in [1.29, 1.82) is 0 Å². The van der Waals surface area contributed by atoms with E-state index in [2.05, 4.69) is 6.92 Å². The van der Waals surface area contributed by atoms with Crippen LogP contribution in [0.1, 0.15) is 44.8 Å². The first-order valence-electron chi connectivity index (χ1n) is 10.3. The predicted octanol–water partition coefficient (Wildman–Crippen LogP) is 5.36. The lowest BCUT2D eigenvalue weighted by atomic mass is 10.1. The highest BCUT2D eigenvalue weighted by Gasteiger charge is 2.19. The minimum absolute atomic E-state index is 0.0266. The molecule has 1 aromatic carbocycles. The van der Waals surface area contributed by atoms with Crippen molar-refractivity contribution < 1.29 is 13.9 Å². The van der Waals surface area contributed by atoms with Crippen LogP contribution in [0.2, 0.25) is 0 Å². The molecule has 3 heterocycles. The minimum atomic E-state index is -0.516. The summed E-state index contributed by atoms with van der Waals surface area (Å²) in [7, 11) is 1.32. The first kappa shape index (κ1) is 22.4. The number of hydrogen-bond acceptors (Lipinski definition) is 7. The maximum Gasteiger partial charge on any atom is 0.373 e. The molecule has 32 heavy (non-hydrogen) atoms. The summed E-state index contributed by atoms with van der Waals surface area (Å²) in [6.45, 7) is 6.57. The van der Waals surface area contributed by atoms with E-state index in [0.717, 1.165) is 22.4 Å². The summed E-state index contributed by atoms with van der Waals surface area (Å²) >= 11 is 3.00. The largest absolute Gasteiger partial charge is 0.463 e. The number of rotatable bonds is 7. The van der Waals surface area contributed by atoms with Crippen LogP contribution in [0.15, 0.2) is 50.8 Å². The molecule has 0 N–H and O–H groups in total. The van der Waals surface area contributed by atoms with Gasteiger partial charge in [0, 0.05) is 4.88 Å². The Balaban J connectivity index is 1.73. The molecule has 166 valence electrons. The number of furan rings is 1. The lowest BCUT2D eigenvalue weighted by Gasteiger charge is -2.12. The average Bonchev–Trinajstić information content (AvgIpc) is 3.39. The van der Waals surface area contributed by atoms with E-state index in [1.54, 1.807) is 28.0 Å². The normalized spacial score (nSPS) is 11.2. The van der Waals surface area contributed by atoms with Gasteiger partial charge in [-0.25, -0.2) is 9.78 Å². The number of esters is 1. The monoisotopic (exact) mass is 468 g/mol. The third kappa shape index (κ3) is 4.38. The molecule has 8 heteroatoms. The number of thiophene rings is 1. The van der Waals surface area contributed by atoms with Gasteiger partial charge in [0.15, 0.2) is 5.16 Å². The zero-order chi connectivity index (χ0) is 22.8. The number of hydrogen-bond donors (Lipinski definition) is 0. The summed E-state index contributed by atoms with van der Waals surface area (Å²) in [4.78, 5) is 32.0. The zero-order valence-electron chi connectivity index (χ0n) is 18.4. The van der Waals surface area contributed by atoms with Crippen LogP contribution < -0.4 is 5.56 Å². The number of carbonyl (C=O) groups is 1. The Hall–Kier alpha value is -2.84. The predicted molar refractivity (Wildman–Crippen MR) is 128 cm³/mol. The van der Waals surface area contributed by atoms with Crippen LogP contribution in [0.4, 0.5) is 0 Å². The van der Waals surface area contributed by atoms with Crippen molar-refractivity contribution in [3.05, 3.63) is 79.8 Å². The van der Waals surface area contributed by atoms with E-state index in [4.69, 9.17) is 14.1 Å². The number of nitrogens with zero attached hydrogens (tertiary/aromatic N) is 2. The molecular weight excluding hydrogens is 444 g/mol. The first-order valence-corrected chi connectivity index (χ1v) is 12.1. The zero-order valence-corrected chi connectivity index (χ0v) is 20.1. The second-order valence-corrected chi connectivity index (χ2v) is 9.53. The molecule has 3 aromatic heterocycles. The molecule has 4 aromatic rings. The highest BCUT2D eigenvalue weighted by molar-refractivity contribution is 7.98. The Morgan fingerprint density at radius 2 is 1.94 bits per heavy atom. The van der Waals surface area contributed by atoms with Gasteiger partial charge in [-0.15, -0.1) is 11.3 Å². The highest BCUT2D eigenvalue weighted by atomic mass is 32.2. The topological polar surface area (TPSA) is 74.3 Å². The van der Waals surface area contributed by atoms with Gasteiger partial charge in [0.25, 0.3) is 5.56 Å². The number of benzene rings is 1. The van der Waals surface area contributed by atoms with Crippen molar-refractivity contribution in [3.63, 3.8) is 0 Å². The van der Waals surface area contributed by atoms with Crippen LogP contribution in [0.5, 0.6) is 0 Å². The van der Waals surface area contributed by atoms with Gasteiger partial charge in [-0.05, 0) is 43.5 Å². The molecule has 0 radical (unpaired) electrons. The van der Waals surface area contributed by atoms with Gasteiger partial charge in [-0.2, -0.15) is 0 Å². The van der Waals surface area contributed by atoms with Crippen LogP contribution >= 0.6 is 23.1 Å². The Labute approximate surface area is 194 Å². The average molecular weight is 469 g/mol. The molecule has 0 atom stereocenters. The lowest BCUT2D eigenvalue weighted by molar-refractivity contribution is 0.0563. The van der Waals surface area contributed by atoms with Crippen molar-refractivity contribution in [2.75, 3.05) is 7.11 Å². The highest BCUT2D eigenvalue weighted by Crippen LogP contribution is 2.31. The van der Waals surface area contributed by atoms with Gasteiger partial charge in [0.2, 0.25) is 5.76 Å². The van der Waals surface area contributed by atoms with Crippen molar-refractivity contribution in [1.82, 2.24) is 9.55 Å². The number of aryl methyl sites for hydroxylation is 3. The van der Waals surface area contributed by atoms with E-state index in [-0.39, 0.29) is 11.3 Å². The molecule has 0 saturated heterocycles. The number of carbonyl (C=O) groups excluding carboxylic acids is 1. The number of methoxy groups -OCH3 is 1. The molecule has 6 nitrogen and oxygen atoms in total. The number of thioether (sulfide) groups is 1. The van der Waals surface area contributed by atoms with E-state index < -0.39 is 5.97 Å². The number of ether oxygens (including phenoxy) is 1. The van der Waals surface area contributed by atoms with Crippen molar-refractivity contribution >= 4 is 39.3 Å². The lowest BCUT2D eigenvalue weighted by Crippen LogP contribution is -2.24. The molecular formula is C24H24N2O4S2. The molecule has 0 bridgehead atoms. The first-order chi connectivity index (χ1) is 15.4. The van der Waals surface area contributed by atoms with Crippen molar-refractivity contribution in [2.24, 2.45) is 0 Å². The van der Waals surface area contributed by atoms with Crippen LogP contribution in [0.3, 0.4) is 0 Å². The Bertz CT molecular complexity index is 1330. The molecule has 4 rings (SSSR count). The molecule has 0 fully saturated rings. The Kier molecular flexibility index (Phi) is 6.53. The summed E-state index contributed by atoms with van der Waals surface area (Å²) in [6, 6.07) is 11.5. The van der Waals surface area contributed by atoms with E-state index in [1.807, 2.05) is 38.1 Å². The fourth-order valence-electron chi connectivity index (χ4n) is 3.51. The van der Waals surface area contributed by atoms with Gasteiger partial charge >= 0.3 is 5.97 Å². The molecule has 0 aliphatic heterocycles. The smallest absolute Gasteiger partial charge is 0.373 e.